The van der Waals surface area contributed by atoms with Gasteiger partial charge in [0, 0.05) is 19.6 Å². The van der Waals surface area contributed by atoms with Crippen LogP contribution in [-0.2, 0) is 21.5 Å². The molecule has 116 valence electrons. The molecule has 0 aromatic heterocycles. The second kappa shape index (κ2) is 4.46. The molecule has 6 heteroatoms. The van der Waals surface area contributed by atoms with Gasteiger partial charge in [-0.15, -0.1) is 0 Å². The summed E-state index contributed by atoms with van der Waals surface area (Å²) in [4.78, 5) is 19.0. The number of ether oxygens (including phenoxy) is 1. The van der Waals surface area contributed by atoms with E-state index in [0.29, 0.717) is 19.1 Å². The van der Waals surface area contributed by atoms with Crippen LogP contribution in [0, 0.1) is 11.8 Å². The average Bonchev–Trinajstić information content (AvgIpc) is 2.74. The molecule has 2 aliphatic heterocycles. The Kier molecular flexibility index (Phi) is 2.75. The molecule has 1 aliphatic carbocycles. The van der Waals surface area contributed by atoms with Crippen molar-refractivity contribution in [1.82, 2.24) is 4.90 Å². The first-order valence-corrected chi connectivity index (χ1v) is 7.57. The number of phenolic OH excluding ortho intramolecular Hbond substituents is 1. The normalized spacial score (nSPS) is 33.6. The highest BCUT2D eigenvalue weighted by Gasteiger charge is 2.59. The number of hydrogen-bond acceptors (Lipinski definition) is 5. The van der Waals surface area contributed by atoms with Crippen LogP contribution in [0.2, 0.25) is 0 Å². The minimum atomic E-state index is -1.05. The number of hydrogen-bond donors (Lipinski definition) is 2. The summed E-state index contributed by atoms with van der Waals surface area (Å²) in [6.45, 7) is 1.21. The fourth-order valence-electron chi connectivity index (χ4n) is 4.15. The van der Waals surface area contributed by atoms with Gasteiger partial charge in [-0.1, -0.05) is 6.07 Å². The maximum absolute atomic E-state index is 13.0. The molecule has 1 saturated heterocycles. The van der Waals surface area contributed by atoms with Crippen molar-refractivity contribution in [3.8, 4) is 5.75 Å². The number of carbonyl (C=O) groups is 1. The number of aliphatic imine (C=N–C) groups is 1. The zero-order valence-corrected chi connectivity index (χ0v) is 12.5. The Morgan fingerprint density at radius 1 is 1.50 bits per heavy atom. The number of aromatic hydroxyl groups is 1. The Morgan fingerprint density at radius 3 is 3.05 bits per heavy atom. The second-order valence-electron chi connectivity index (χ2n) is 6.38. The minimum Gasteiger partial charge on any atom is -0.508 e. The molecular formula is C16H19N3O3. The van der Waals surface area contributed by atoms with Crippen LogP contribution < -0.4 is 5.73 Å². The molecule has 1 aromatic carbocycles. The van der Waals surface area contributed by atoms with Crippen molar-refractivity contribution in [3.63, 3.8) is 0 Å². The summed E-state index contributed by atoms with van der Waals surface area (Å²) < 4.78 is 5.65. The van der Waals surface area contributed by atoms with E-state index in [0.717, 1.165) is 24.0 Å². The second-order valence-corrected chi connectivity index (χ2v) is 6.38. The lowest BCUT2D eigenvalue weighted by Gasteiger charge is -2.45. The lowest BCUT2D eigenvalue weighted by molar-refractivity contribution is -0.137. The third-order valence-electron chi connectivity index (χ3n) is 5.29. The smallest absolute Gasteiger partial charge is 0.262 e. The van der Waals surface area contributed by atoms with Crippen molar-refractivity contribution in [2.75, 3.05) is 20.3 Å². The Bertz CT molecular complexity index is 687. The number of fused-ring (bicyclic) bond motifs is 4. The Labute approximate surface area is 128 Å². The summed E-state index contributed by atoms with van der Waals surface area (Å²) in [7, 11) is 1.64. The van der Waals surface area contributed by atoms with E-state index in [1.165, 1.54) is 4.90 Å². The van der Waals surface area contributed by atoms with Gasteiger partial charge >= 0.3 is 0 Å². The molecule has 4 rings (SSSR count). The van der Waals surface area contributed by atoms with Crippen molar-refractivity contribution in [2.24, 2.45) is 22.6 Å². The molecule has 0 radical (unpaired) electrons. The van der Waals surface area contributed by atoms with Crippen molar-refractivity contribution in [3.05, 3.63) is 29.3 Å². The van der Waals surface area contributed by atoms with Crippen LogP contribution in [0.5, 0.6) is 5.75 Å². The minimum absolute atomic E-state index is 0.0356. The van der Waals surface area contributed by atoms with Gasteiger partial charge in [-0.05, 0) is 42.0 Å². The molecule has 1 amide bonds. The molecule has 3 aliphatic rings. The molecule has 1 spiro atoms. The summed E-state index contributed by atoms with van der Waals surface area (Å²) >= 11 is 0. The van der Waals surface area contributed by atoms with Gasteiger partial charge < -0.3 is 15.6 Å². The zero-order valence-electron chi connectivity index (χ0n) is 12.5. The number of rotatable bonds is 0. The SMILES string of the molecule is CN1C(=O)C2(N=C1N)c1cc(O)ccc1C[C@H]1CCOC[C@@H]12. The summed E-state index contributed by atoms with van der Waals surface area (Å²) in [5.41, 5.74) is 6.74. The molecule has 6 nitrogen and oxygen atoms in total. The average molecular weight is 301 g/mol. The number of amides is 1. The van der Waals surface area contributed by atoms with E-state index in [1.807, 2.05) is 6.07 Å². The van der Waals surface area contributed by atoms with E-state index in [9.17, 15) is 9.90 Å². The van der Waals surface area contributed by atoms with Crippen molar-refractivity contribution in [2.45, 2.75) is 18.4 Å². The van der Waals surface area contributed by atoms with Gasteiger partial charge in [0.1, 0.15) is 5.75 Å². The molecule has 22 heavy (non-hydrogen) atoms. The molecular weight excluding hydrogens is 282 g/mol. The van der Waals surface area contributed by atoms with Gasteiger partial charge in [0.25, 0.3) is 5.91 Å². The number of carbonyl (C=O) groups excluding carboxylic acids is 1. The van der Waals surface area contributed by atoms with E-state index in [4.69, 9.17) is 10.5 Å². The van der Waals surface area contributed by atoms with Crippen LogP contribution >= 0.6 is 0 Å². The molecule has 1 aromatic rings. The summed E-state index contributed by atoms with van der Waals surface area (Å²) in [6.07, 6.45) is 1.80. The van der Waals surface area contributed by atoms with Gasteiger partial charge in [-0.25, -0.2) is 4.99 Å². The first kappa shape index (κ1) is 13.6. The Morgan fingerprint density at radius 2 is 2.32 bits per heavy atom. The van der Waals surface area contributed by atoms with Crippen LogP contribution in [-0.4, -0.2) is 42.1 Å². The maximum atomic E-state index is 13.0. The fraction of sp³-hybridized carbons (Fsp3) is 0.500. The first-order chi connectivity index (χ1) is 10.5. The van der Waals surface area contributed by atoms with Crippen LogP contribution in [0.25, 0.3) is 0 Å². The van der Waals surface area contributed by atoms with Crippen molar-refractivity contribution in [1.29, 1.82) is 0 Å². The molecule has 1 fully saturated rings. The zero-order chi connectivity index (χ0) is 15.5. The largest absolute Gasteiger partial charge is 0.508 e. The molecule has 0 saturated carbocycles. The monoisotopic (exact) mass is 301 g/mol. The Balaban J connectivity index is 1.97. The molecule has 0 bridgehead atoms. The standard InChI is InChI=1S/C16H19N3O3/c1-19-14(21)16(18-15(19)17)12-7-11(20)3-2-9(12)6-10-4-5-22-8-13(10)16/h2-3,7,10,13,20H,4-6,8H2,1H3,(H2,17,18)/t10-,13+,16?/m1/s1. The molecule has 1 unspecified atom stereocenters. The summed E-state index contributed by atoms with van der Waals surface area (Å²) in [5.74, 6) is 0.552. The maximum Gasteiger partial charge on any atom is 0.262 e. The van der Waals surface area contributed by atoms with Crippen molar-refractivity contribution < 1.29 is 14.6 Å². The van der Waals surface area contributed by atoms with Crippen LogP contribution in [0.15, 0.2) is 23.2 Å². The topological polar surface area (TPSA) is 88.2 Å². The van der Waals surface area contributed by atoms with E-state index in [-0.39, 0.29) is 23.5 Å². The Hall–Kier alpha value is -2.08. The van der Waals surface area contributed by atoms with Gasteiger partial charge in [0.2, 0.25) is 0 Å². The highest BCUT2D eigenvalue weighted by Crippen LogP contribution is 2.51. The highest BCUT2D eigenvalue weighted by molar-refractivity contribution is 6.07. The van der Waals surface area contributed by atoms with Crippen LogP contribution in [0.4, 0.5) is 0 Å². The lowest BCUT2D eigenvalue weighted by Crippen LogP contribution is -2.53. The molecule has 3 atom stereocenters. The predicted molar refractivity (Wildman–Crippen MR) is 80.3 cm³/mol. The number of nitrogens with zero attached hydrogens (tertiary/aromatic N) is 2. The number of nitrogens with two attached hydrogens (primary N) is 1. The van der Waals surface area contributed by atoms with Gasteiger partial charge in [-0.2, -0.15) is 0 Å². The van der Waals surface area contributed by atoms with Crippen LogP contribution in [0.3, 0.4) is 0 Å². The lowest BCUT2D eigenvalue weighted by atomic mass is 9.62. The third kappa shape index (κ3) is 1.58. The van der Waals surface area contributed by atoms with E-state index >= 15 is 0 Å². The number of likely N-dealkylation sites (N-methyl/N-ethyl adjacent to an activating group) is 1. The van der Waals surface area contributed by atoms with Gasteiger partial charge in [-0.3, -0.25) is 9.69 Å². The fourth-order valence-corrected chi connectivity index (χ4v) is 4.15. The third-order valence-corrected chi connectivity index (χ3v) is 5.29. The summed E-state index contributed by atoms with van der Waals surface area (Å²) in [5, 5.41) is 9.91. The quantitative estimate of drug-likeness (QED) is 0.734. The molecule has 3 N–H and O–H groups in total. The summed E-state index contributed by atoms with van der Waals surface area (Å²) in [6, 6.07) is 5.23. The van der Waals surface area contributed by atoms with E-state index in [1.54, 1.807) is 19.2 Å². The number of benzene rings is 1. The van der Waals surface area contributed by atoms with Gasteiger partial charge in [0.05, 0.1) is 6.61 Å². The van der Waals surface area contributed by atoms with Crippen LogP contribution in [0.1, 0.15) is 17.5 Å². The number of phenols is 1. The highest BCUT2D eigenvalue weighted by atomic mass is 16.5. The molecule has 2 heterocycles. The predicted octanol–water partition coefficient (Wildman–Crippen LogP) is 0.583. The van der Waals surface area contributed by atoms with Crippen molar-refractivity contribution >= 4 is 11.9 Å². The first-order valence-electron chi connectivity index (χ1n) is 7.57. The van der Waals surface area contributed by atoms with E-state index < -0.39 is 5.54 Å². The number of guanidine groups is 1. The van der Waals surface area contributed by atoms with Gasteiger partial charge in [0.15, 0.2) is 11.5 Å². The van der Waals surface area contributed by atoms with E-state index in [2.05, 4.69) is 4.99 Å².